The fourth-order valence-electron chi connectivity index (χ4n) is 6.86. The zero-order valence-corrected chi connectivity index (χ0v) is 29.4. The molecule has 0 amide bonds. The Morgan fingerprint density at radius 1 is 0.833 bits per heavy atom. The van der Waals surface area contributed by atoms with Crippen LogP contribution in [-0.4, -0.2) is 84.1 Å². The van der Waals surface area contributed by atoms with Crippen molar-refractivity contribution in [2.75, 3.05) is 56.3 Å². The number of hydrogen-bond donors (Lipinski definition) is 0. The van der Waals surface area contributed by atoms with Gasteiger partial charge in [-0.05, 0) is 79.2 Å². The maximum atomic E-state index is 13.2. The minimum absolute atomic E-state index is 0.0232. The Hall–Kier alpha value is -4.72. The summed E-state index contributed by atoms with van der Waals surface area (Å²) < 4.78 is 34.1. The molecule has 3 aromatic carbocycles. The molecule has 0 aromatic heterocycles. The van der Waals surface area contributed by atoms with Gasteiger partial charge in [-0.1, -0.05) is 32.0 Å². The van der Waals surface area contributed by atoms with Crippen LogP contribution in [0, 0.1) is 11.3 Å². The van der Waals surface area contributed by atoms with Gasteiger partial charge in [-0.2, -0.15) is 5.26 Å². The van der Waals surface area contributed by atoms with E-state index in [0.29, 0.717) is 41.6 Å². The molecule has 0 N–H and O–H groups in total. The smallest absolute Gasteiger partial charge is 0.330 e. The highest BCUT2D eigenvalue weighted by atomic mass is 16.5. The van der Waals surface area contributed by atoms with Gasteiger partial charge in [0.2, 0.25) is 0 Å². The van der Waals surface area contributed by atoms with E-state index in [1.165, 1.54) is 6.08 Å². The first kappa shape index (κ1) is 36.1. The van der Waals surface area contributed by atoms with Gasteiger partial charge in [0.25, 0.3) is 0 Å². The first-order valence-electron chi connectivity index (χ1n) is 16.1. The van der Waals surface area contributed by atoms with E-state index >= 15 is 0 Å². The molecule has 48 heavy (non-hydrogen) atoms. The largest absolute Gasteiger partial charge is 0.496 e. The van der Waals surface area contributed by atoms with E-state index in [0.717, 1.165) is 27.8 Å². The van der Waals surface area contributed by atoms with Crippen molar-refractivity contribution in [3.8, 4) is 34.8 Å². The molecule has 4 atom stereocenters. The Kier molecular flexibility index (Phi) is 12.3. The Bertz CT molecular complexity index is 1650. The minimum Gasteiger partial charge on any atom is -0.496 e. The standard InChI is InChI=1S/C36H41N3O7.C2H6/c1-38(2)36-27-19-34(45-7)31(42-4)16-23(27)14-25(20-37)39-28(36)15-24-17-32(43-5)33(44-6)18-26(24)29(39)21-46-35(40)13-12-22-10-8-9-11-30(22)41-3;1-2/h8-13,16-19,25,28-29,36H,14-15,21H2,1-7H3;1-2H3/b13-12+;/t25-,28?,29?,36+;/m0./s1. The highest BCUT2D eigenvalue weighted by molar-refractivity contribution is 5.87. The van der Waals surface area contributed by atoms with Crippen LogP contribution in [0.5, 0.6) is 28.7 Å². The molecule has 256 valence electrons. The lowest BCUT2D eigenvalue weighted by atomic mass is 9.82. The second-order valence-electron chi connectivity index (χ2n) is 11.5. The predicted octanol–water partition coefficient (Wildman–Crippen LogP) is 6.03. The zero-order valence-electron chi connectivity index (χ0n) is 29.4. The van der Waals surface area contributed by atoms with E-state index in [1.807, 2.05) is 76.5 Å². The van der Waals surface area contributed by atoms with Crippen LogP contribution in [0.2, 0.25) is 0 Å². The number of ether oxygens (including phenoxy) is 6. The van der Waals surface area contributed by atoms with Crippen molar-refractivity contribution in [1.82, 2.24) is 9.80 Å². The number of carbonyl (C=O) groups excluding carboxylic acids is 1. The molecule has 10 nitrogen and oxygen atoms in total. The molecule has 2 unspecified atom stereocenters. The van der Waals surface area contributed by atoms with Crippen molar-refractivity contribution in [3.05, 3.63) is 82.4 Å². The van der Waals surface area contributed by atoms with Crippen molar-refractivity contribution in [2.45, 2.75) is 50.9 Å². The Morgan fingerprint density at radius 3 is 1.94 bits per heavy atom. The van der Waals surface area contributed by atoms with Gasteiger partial charge in [-0.15, -0.1) is 0 Å². The molecule has 0 radical (unpaired) electrons. The number of rotatable bonds is 10. The number of likely N-dealkylation sites (N-methyl/N-ethyl adjacent to an activating group) is 1. The summed E-state index contributed by atoms with van der Waals surface area (Å²) in [5.41, 5.74) is 4.80. The molecule has 0 fully saturated rings. The van der Waals surface area contributed by atoms with Gasteiger partial charge in [0.1, 0.15) is 18.4 Å². The normalized spacial score (nSPS) is 19.8. The van der Waals surface area contributed by atoms with Crippen molar-refractivity contribution < 1.29 is 33.2 Å². The minimum atomic E-state index is -0.527. The summed E-state index contributed by atoms with van der Waals surface area (Å²) in [6.45, 7) is 4.02. The summed E-state index contributed by atoms with van der Waals surface area (Å²) in [5, 5.41) is 10.7. The van der Waals surface area contributed by atoms with E-state index in [4.69, 9.17) is 28.4 Å². The molecule has 2 aliphatic rings. The fourth-order valence-corrected chi connectivity index (χ4v) is 6.86. The molecule has 0 spiro atoms. The molecular weight excluding hydrogens is 610 g/mol. The van der Waals surface area contributed by atoms with Crippen LogP contribution in [0.4, 0.5) is 0 Å². The summed E-state index contributed by atoms with van der Waals surface area (Å²) in [7, 11) is 12.1. The number of benzene rings is 3. The zero-order chi connectivity index (χ0) is 35.0. The Labute approximate surface area is 284 Å². The van der Waals surface area contributed by atoms with Crippen LogP contribution >= 0.6 is 0 Å². The number of para-hydroxylation sites is 1. The molecule has 10 heteroatoms. The van der Waals surface area contributed by atoms with Gasteiger partial charge in [0.05, 0.1) is 53.7 Å². The van der Waals surface area contributed by atoms with E-state index in [2.05, 4.69) is 15.9 Å². The van der Waals surface area contributed by atoms with E-state index in [1.54, 1.807) is 41.6 Å². The molecule has 2 heterocycles. The van der Waals surface area contributed by atoms with Gasteiger partial charge in [0, 0.05) is 24.1 Å². The van der Waals surface area contributed by atoms with Gasteiger partial charge in [0.15, 0.2) is 23.0 Å². The number of nitrogens with zero attached hydrogens (tertiary/aromatic N) is 3. The second kappa shape index (κ2) is 16.4. The number of hydrogen-bond acceptors (Lipinski definition) is 10. The van der Waals surface area contributed by atoms with E-state index < -0.39 is 18.1 Å². The molecule has 0 saturated heterocycles. The molecular formula is C38H47N3O7. The summed E-state index contributed by atoms with van der Waals surface area (Å²) in [5.74, 6) is 2.58. The second-order valence-corrected chi connectivity index (χ2v) is 11.5. The maximum absolute atomic E-state index is 13.2. The van der Waals surface area contributed by atoms with Crippen molar-refractivity contribution in [1.29, 1.82) is 5.26 Å². The summed E-state index contributed by atoms with van der Waals surface area (Å²) in [4.78, 5) is 17.5. The van der Waals surface area contributed by atoms with Crippen LogP contribution in [-0.2, 0) is 22.4 Å². The lowest BCUT2D eigenvalue weighted by molar-refractivity contribution is -0.140. The third-order valence-corrected chi connectivity index (χ3v) is 8.90. The predicted molar refractivity (Wildman–Crippen MR) is 185 cm³/mol. The summed E-state index contributed by atoms with van der Waals surface area (Å²) in [6.07, 6.45) is 4.15. The molecule has 0 bridgehead atoms. The molecule has 0 aliphatic carbocycles. The SMILES string of the molecule is CC.COc1ccccc1/C=C/C(=O)OCC1c2cc(OC)c(OC)cc2CC2[C@H](N(C)C)c3cc(OC)c(OC)cc3C[C@@H](C#N)N12. The van der Waals surface area contributed by atoms with Crippen molar-refractivity contribution >= 4 is 12.0 Å². The van der Waals surface area contributed by atoms with E-state index in [9.17, 15) is 10.1 Å². The van der Waals surface area contributed by atoms with Gasteiger partial charge < -0.3 is 33.3 Å². The lowest BCUT2D eigenvalue weighted by Crippen LogP contribution is -2.54. The topological polar surface area (TPSA) is 103 Å². The van der Waals surface area contributed by atoms with Crippen LogP contribution in [0.25, 0.3) is 6.08 Å². The third kappa shape index (κ3) is 7.23. The highest BCUT2D eigenvalue weighted by Gasteiger charge is 2.47. The maximum Gasteiger partial charge on any atom is 0.330 e. The van der Waals surface area contributed by atoms with Crippen LogP contribution in [0.3, 0.4) is 0 Å². The molecule has 0 saturated carbocycles. The number of nitriles is 1. The van der Waals surface area contributed by atoms with Crippen LogP contribution < -0.4 is 23.7 Å². The van der Waals surface area contributed by atoms with Crippen LogP contribution in [0.1, 0.15) is 53.7 Å². The fraction of sp³-hybridized carbons (Fsp3) is 0.421. The number of methoxy groups -OCH3 is 5. The van der Waals surface area contributed by atoms with Crippen molar-refractivity contribution in [2.24, 2.45) is 0 Å². The highest BCUT2D eigenvalue weighted by Crippen LogP contribution is 2.48. The summed E-state index contributed by atoms with van der Waals surface area (Å²) >= 11 is 0. The monoisotopic (exact) mass is 657 g/mol. The third-order valence-electron chi connectivity index (χ3n) is 8.90. The number of carbonyl (C=O) groups is 1. The molecule has 3 aromatic rings. The average molecular weight is 658 g/mol. The average Bonchev–Trinajstić information content (AvgIpc) is 3.25. The quantitative estimate of drug-likeness (QED) is 0.190. The number of esters is 1. The van der Waals surface area contributed by atoms with Gasteiger partial charge in [-0.25, -0.2) is 4.79 Å². The first-order chi connectivity index (χ1) is 23.3. The van der Waals surface area contributed by atoms with E-state index in [-0.39, 0.29) is 18.7 Å². The van der Waals surface area contributed by atoms with Crippen molar-refractivity contribution in [3.63, 3.8) is 0 Å². The number of fused-ring (bicyclic) bond motifs is 3. The molecule has 2 aliphatic heterocycles. The first-order valence-corrected chi connectivity index (χ1v) is 16.1. The molecule has 5 rings (SSSR count). The summed E-state index contributed by atoms with van der Waals surface area (Å²) in [6, 6.07) is 16.7. The van der Waals surface area contributed by atoms with Gasteiger partial charge in [-0.3, -0.25) is 4.90 Å². The Balaban J connectivity index is 0.00000255. The van der Waals surface area contributed by atoms with Gasteiger partial charge >= 0.3 is 5.97 Å². The Morgan fingerprint density at radius 2 is 1.38 bits per heavy atom. The lowest BCUT2D eigenvalue weighted by Gasteiger charge is -2.48. The van der Waals surface area contributed by atoms with Crippen LogP contribution in [0.15, 0.2) is 54.6 Å².